The summed E-state index contributed by atoms with van der Waals surface area (Å²) >= 11 is 7.70. The molecule has 2 heterocycles. The van der Waals surface area contributed by atoms with Crippen LogP contribution in [-0.2, 0) is 9.47 Å². The van der Waals surface area contributed by atoms with Gasteiger partial charge in [-0.15, -0.1) is 0 Å². The van der Waals surface area contributed by atoms with E-state index >= 15 is 0 Å². The zero-order valence-corrected chi connectivity index (χ0v) is 18.3. The van der Waals surface area contributed by atoms with Crippen LogP contribution in [0.15, 0.2) is 36.4 Å². The Balaban J connectivity index is 1.70. The van der Waals surface area contributed by atoms with Gasteiger partial charge in [0.25, 0.3) is 5.91 Å². The lowest BCUT2D eigenvalue weighted by Crippen LogP contribution is -2.37. The monoisotopic (exact) mass is 444 g/mol. The average Bonchev–Trinajstić information content (AvgIpc) is 3.44. The number of aromatic nitrogens is 1. The number of aryl methyl sites for hydroxylation is 1. The standard InChI is InChI=1S/C22H21ClN2O4S/c1-13-17(23)9-10-18-19(13)24-22(30-18)25(12-16-4-3-11-29-16)20(26)14-5-7-15(8-6-14)21(27)28-2/h5-10,16H,3-4,11-12H2,1-2H3. The molecule has 1 aliphatic rings. The van der Waals surface area contributed by atoms with Crippen molar-refractivity contribution in [3.05, 3.63) is 58.1 Å². The Hall–Kier alpha value is -2.48. The zero-order valence-electron chi connectivity index (χ0n) is 16.7. The minimum Gasteiger partial charge on any atom is -0.465 e. The molecule has 6 nitrogen and oxygen atoms in total. The Labute approximate surface area is 183 Å². The van der Waals surface area contributed by atoms with E-state index in [1.54, 1.807) is 29.2 Å². The molecule has 0 spiro atoms. The molecule has 1 aliphatic heterocycles. The van der Waals surface area contributed by atoms with Crippen molar-refractivity contribution < 1.29 is 19.1 Å². The van der Waals surface area contributed by atoms with Crippen LogP contribution >= 0.6 is 22.9 Å². The molecule has 1 amide bonds. The summed E-state index contributed by atoms with van der Waals surface area (Å²) in [6.07, 6.45) is 1.86. The number of rotatable bonds is 5. The molecule has 1 atom stereocenters. The van der Waals surface area contributed by atoms with E-state index in [0.29, 0.717) is 34.4 Å². The molecule has 156 valence electrons. The molecule has 1 unspecified atom stereocenters. The molecule has 1 fully saturated rings. The van der Waals surface area contributed by atoms with Crippen LogP contribution in [0.3, 0.4) is 0 Å². The second-order valence-electron chi connectivity index (χ2n) is 7.14. The number of anilines is 1. The first-order chi connectivity index (χ1) is 14.5. The van der Waals surface area contributed by atoms with Gasteiger partial charge in [0.05, 0.1) is 35.5 Å². The molecule has 0 aliphatic carbocycles. The Bertz CT molecular complexity index is 1090. The number of amides is 1. The highest BCUT2D eigenvalue weighted by Gasteiger charge is 2.27. The maximum atomic E-state index is 13.4. The number of ether oxygens (including phenoxy) is 2. The third kappa shape index (κ3) is 4.05. The van der Waals surface area contributed by atoms with Crippen molar-refractivity contribution in [2.45, 2.75) is 25.9 Å². The highest BCUT2D eigenvalue weighted by molar-refractivity contribution is 7.22. The second kappa shape index (κ2) is 8.71. The predicted molar refractivity (Wildman–Crippen MR) is 118 cm³/mol. The number of carbonyl (C=O) groups excluding carboxylic acids is 2. The predicted octanol–water partition coefficient (Wildman–Crippen LogP) is 4.87. The molecule has 1 aromatic heterocycles. The summed E-state index contributed by atoms with van der Waals surface area (Å²) < 4.78 is 11.5. The minimum absolute atomic E-state index is 0.0278. The highest BCUT2D eigenvalue weighted by atomic mass is 35.5. The third-order valence-electron chi connectivity index (χ3n) is 5.18. The quantitative estimate of drug-likeness (QED) is 0.525. The van der Waals surface area contributed by atoms with Crippen LogP contribution in [-0.4, -0.2) is 43.2 Å². The van der Waals surface area contributed by atoms with E-state index in [4.69, 9.17) is 26.1 Å². The van der Waals surface area contributed by atoms with E-state index in [2.05, 4.69) is 0 Å². The van der Waals surface area contributed by atoms with Gasteiger partial charge in [0.1, 0.15) is 0 Å². The first-order valence-electron chi connectivity index (χ1n) is 9.65. The molecule has 1 saturated heterocycles. The van der Waals surface area contributed by atoms with Crippen molar-refractivity contribution in [1.82, 2.24) is 4.98 Å². The van der Waals surface area contributed by atoms with Crippen LogP contribution in [0.4, 0.5) is 5.13 Å². The van der Waals surface area contributed by atoms with Crippen molar-refractivity contribution in [3.8, 4) is 0 Å². The van der Waals surface area contributed by atoms with Gasteiger partial charge in [0.15, 0.2) is 5.13 Å². The van der Waals surface area contributed by atoms with E-state index in [-0.39, 0.29) is 12.0 Å². The van der Waals surface area contributed by atoms with Gasteiger partial charge in [-0.3, -0.25) is 9.69 Å². The Morgan fingerprint density at radius 2 is 1.97 bits per heavy atom. The number of methoxy groups -OCH3 is 1. The van der Waals surface area contributed by atoms with Crippen LogP contribution in [0.1, 0.15) is 39.1 Å². The first kappa shape index (κ1) is 20.8. The maximum Gasteiger partial charge on any atom is 0.337 e. The van der Waals surface area contributed by atoms with Crippen LogP contribution in [0.2, 0.25) is 5.02 Å². The number of hydrogen-bond donors (Lipinski definition) is 0. The number of nitrogens with zero attached hydrogens (tertiary/aromatic N) is 2. The van der Waals surface area contributed by atoms with E-state index in [9.17, 15) is 9.59 Å². The van der Waals surface area contributed by atoms with E-state index in [1.165, 1.54) is 18.4 Å². The zero-order chi connectivity index (χ0) is 21.3. The number of carbonyl (C=O) groups is 2. The molecule has 4 rings (SSSR count). The summed E-state index contributed by atoms with van der Waals surface area (Å²) in [5, 5.41) is 1.25. The van der Waals surface area contributed by atoms with E-state index < -0.39 is 5.97 Å². The lowest BCUT2D eigenvalue weighted by atomic mass is 10.1. The molecule has 0 radical (unpaired) electrons. The molecule has 0 bridgehead atoms. The number of fused-ring (bicyclic) bond motifs is 1. The van der Waals surface area contributed by atoms with Gasteiger partial charge in [-0.25, -0.2) is 9.78 Å². The largest absolute Gasteiger partial charge is 0.465 e. The Kier molecular flexibility index (Phi) is 6.04. The first-order valence-corrected chi connectivity index (χ1v) is 10.8. The molecule has 2 aromatic carbocycles. The second-order valence-corrected chi connectivity index (χ2v) is 8.55. The Morgan fingerprint density at radius 1 is 1.23 bits per heavy atom. The van der Waals surface area contributed by atoms with E-state index in [1.807, 2.05) is 19.1 Å². The topological polar surface area (TPSA) is 68.7 Å². The lowest BCUT2D eigenvalue weighted by Gasteiger charge is -2.23. The average molecular weight is 445 g/mol. The summed E-state index contributed by atoms with van der Waals surface area (Å²) in [4.78, 5) is 31.5. The van der Waals surface area contributed by atoms with Crippen molar-refractivity contribution in [1.29, 1.82) is 0 Å². The molecule has 8 heteroatoms. The van der Waals surface area contributed by atoms with Gasteiger partial charge in [-0.1, -0.05) is 22.9 Å². The summed E-state index contributed by atoms with van der Waals surface area (Å²) in [6, 6.07) is 10.2. The fourth-order valence-electron chi connectivity index (χ4n) is 3.47. The normalized spacial score (nSPS) is 16.0. The van der Waals surface area contributed by atoms with Gasteiger partial charge in [0, 0.05) is 17.2 Å². The van der Waals surface area contributed by atoms with Crippen LogP contribution in [0.25, 0.3) is 10.2 Å². The number of hydrogen-bond acceptors (Lipinski definition) is 6. The molecular formula is C22H21ClN2O4S. The van der Waals surface area contributed by atoms with Crippen molar-refractivity contribution in [2.24, 2.45) is 0 Å². The van der Waals surface area contributed by atoms with Gasteiger partial charge in [0.2, 0.25) is 0 Å². The van der Waals surface area contributed by atoms with Crippen molar-refractivity contribution in [3.63, 3.8) is 0 Å². The molecule has 3 aromatic rings. The fraction of sp³-hybridized carbons (Fsp3) is 0.318. The number of benzene rings is 2. The number of esters is 1. The van der Waals surface area contributed by atoms with E-state index in [0.717, 1.165) is 28.6 Å². The van der Waals surface area contributed by atoms with Crippen LogP contribution in [0, 0.1) is 6.92 Å². The summed E-state index contributed by atoms with van der Waals surface area (Å²) in [5.41, 5.74) is 2.55. The molecule has 0 saturated carbocycles. The SMILES string of the molecule is COC(=O)c1ccc(C(=O)N(CC2CCCO2)c2nc3c(C)c(Cl)ccc3s2)cc1. The van der Waals surface area contributed by atoms with Crippen LogP contribution < -0.4 is 4.90 Å². The van der Waals surface area contributed by atoms with Gasteiger partial charge >= 0.3 is 5.97 Å². The maximum absolute atomic E-state index is 13.4. The summed E-state index contributed by atoms with van der Waals surface area (Å²) in [5.74, 6) is -0.631. The summed E-state index contributed by atoms with van der Waals surface area (Å²) in [6.45, 7) is 3.05. The fourth-order valence-corrected chi connectivity index (χ4v) is 4.65. The van der Waals surface area contributed by atoms with Crippen LogP contribution in [0.5, 0.6) is 0 Å². The molecule has 0 N–H and O–H groups in total. The van der Waals surface area contributed by atoms with Crippen molar-refractivity contribution >= 4 is 50.2 Å². The minimum atomic E-state index is -0.441. The smallest absolute Gasteiger partial charge is 0.337 e. The number of thiazole rings is 1. The number of halogens is 1. The third-order valence-corrected chi connectivity index (χ3v) is 6.63. The highest BCUT2D eigenvalue weighted by Crippen LogP contribution is 2.34. The lowest BCUT2D eigenvalue weighted by molar-refractivity contribution is 0.0600. The summed E-state index contributed by atoms with van der Waals surface area (Å²) in [7, 11) is 1.33. The van der Waals surface area contributed by atoms with Gasteiger partial charge in [-0.2, -0.15) is 0 Å². The van der Waals surface area contributed by atoms with Gasteiger partial charge < -0.3 is 9.47 Å². The molecule has 30 heavy (non-hydrogen) atoms. The van der Waals surface area contributed by atoms with Crippen molar-refractivity contribution in [2.75, 3.05) is 25.2 Å². The Morgan fingerprint density at radius 3 is 2.63 bits per heavy atom. The molecular weight excluding hydrogens is 424 g/mol. The van der Waals surface area contributed by atoms with Gasteiger partial charge in [-0.05, 0) is 61.7 Å².